The molecule has 0 saturated heterocycles. The standard InChI is InChI=1S/C13H12F3N3O4S/c14-13(15,16)12-17-5-8-6-19(4-3-10(8)18-12)7-9-1-2-11(23-9)24(20,21)22/h1-2,5H,3-4,6-7H2,(H,20,21,22). The average Bonchev–Trinajstić information content (AvgIpc) is 2.94. The van der Waals surface area contributed by atoms with Gasteiger partial charge in [0, 0.05) is 31.3 Å². The topological polar surface area (TPSA) is 96.5 Å². The van der Waals surface area contributed by atoms with Gasteiger partial charge in [0.2, 0.25) is 10.9 Å². The van der Waals surface area contributed by atoms with Crippen molar-refractivity contribution in [3.05, 3.63) is 41.2 Å². The number of aromatic nitrogens is 2. The van der Waals surface area contributed by atoms with Crippen LogP contribution >= 0.6 is 0 Å². The van der Waals surface area contributed by atoms with Crippen LogP contribution in [0, 0.1) is 0 Å². The lowest BCUT2D eigenvalue weighted by Gasteiger charge is -2.27. The average molecular weight is 363 g/mol. The Hall–Kier alpha value is -1.98. The first-order valence-corrected chi connectivity index (χ1v) is 8.27. The van der Waals surface area contributed by atoms with E-state index in [2.05, 4.69) is 9.97 Å². The zero-order chi connectivity index (χ0) is 17.5. The number of rotatable bonds is 3. The van der Waals surface area contributed by atoms with Gasteiger partial charge in [-0.05, 0) is 12.1 Å². The van der Waals surface area contributed by atoms with Crippen molar-refractivity contribution in [2.24, 2.45) is 0 Å². The van der Waals surface area contributed by atoms with Crippen molar-refractivity contribution < 1.29 is 30.6 Å². The fraction of sp³-hybridized carbons (Fsp3) is 0.385. The van der Waals surface area contributed by atoms with E-state index in [1.54, 1.807) is 0 Å². The van der Waals surface area contributed by atoms with E-state index in [0.717, 1.165) is 12.3 Å². The van der Waals surface area contributed by atoms with E-state index >= 15 is 0 Å². The van der Waals surface area contributed by atoms with Gasteiger partial charge < -0.3 is 4.42 Å². The highest BCUT2D eigenvalue weighted by Gasteiger charge is 2.35. The number of fused-ring (bicyclic) bond motifs is 1. The minimum atomic E-state index is -4.58. The third kappa shape index (κ3) is 3.57. The molecule has 2 aromatic rings. The van der Waals surface area contributed by atoms with E-state index in [4.69, 9.17) is 8.97 Å². The van der Waals surface area contributed by atoms with Crippen LogP contribution < -0.4 is 0 Å². The first-order chi connectivity index (χ1) is 11.1. The molecule has 0 bridgehead atoms. The predicted octanol–water partition coefficient (Wildman–Crippen LogP) is 1.89. The Kier molecular flexibility index (Phi) is 4.10. The fourth-order valence-electron chi connectivity index (χ4n) is 2.45. The molecule has 3 rings (SSSR count). The number of halogens is 3. The smallest absolute Gasteiger partial charge is 0.446 e. The minimum Gasteiger partial charge on any atom is -0.446 e. The lowest BCUT2D eigenvalue weighted by atomic mass is 10.1. The van der Waals surface area contributed by atoms with E-state index in [9.17, 15) is 21.6 Å². The first kappa shape index (κ1) is 16.9. The number of hydrogen-bond donors (Lipinski definition) is 1. The Morgan fingerprint density at radius 1 is 1.33 bits per heavy atom. The van der Waals surface area contributed by atoms with Gasteiger partial charge in [-0.3, -0.25) is 9.45 Å². The molecule has 1 N–H and O–H groups in total. The summed E-state index contributed by atoms with van der Waals surface area (Å²) in [6.07, 6.45) is -3.11. The highest BCUT2D eigenvalue weighted by Crippen LogP contribution is 2.28. The third-order valence-corrected chi connectivity index (χ3v) is 4.27. The van der Waals surface area contributed by atoms with Gasteiger partial charge in [-0.15, -0.1) is 0 Å². The second-order valence-corrected chi connectivity index (χ2v) is 6.67. The number of furan rings is 1. The fourth-order valence-corrected chi connectivity index (χ4v) is 2.90. The van der Waals surface area contributed by atoms with Crippen LogP contribution in [0.3, 0.4) is 0 Å². The molecular formula is C13H12F3N3O4S. The first-order valence-electron chi connectivity index (χ1n) is 6.83. The van der Waals surface area contributed by atoms with Crippen LogP contribution in [0.2, 0.25) is 0 Å². The lowest BCUT2D eigenvalue weighted by molar-refractivity contribution is -0.145. The molecular weight excluding hydrogens is 351 g/mol. The Labute approximate surface area is 134 Å². The van der Waals surface area contributed by atoms with Gasteiger partial charge in [-0.25, -0.2) is 9.97 Å². The van der Waals surface area contributed by atoms with Crippen molar-refractivity contribution in [2.45, 2.75) is 30.8 Å². The highest BCUT2D eigenvalue weighted by molar-refractivity contribution is 7.85. The Balaban J connectivity index is 1.73. The third-order valence-electron chi connectivity index (χ3n) is 3.54. The summed E-state index contributed by atoms with van der Waals surface area (Å²) >= 11 is 0. The molecule has 1 aliphatic heterocycles. The number of hydrogen-bond acceptors (Lipinski definition) is 6. The molecule has 0 fully saturated rings. The minimum absolute atomic E-state index is 0.246. The Morgan fingerprint density at radius 2 is 2.08 bits per heavy atom. The summed E-state index contributed by atoms with van der Waals surface area (Å²) in [5.41, 5.74) is 0.933. The summed E-state index contributed by atoms with van der Waals surface area (Å²) in [5, 5.41) is -0.548. The summed E-state index contributed by atoms with van der Waals surface area (Å²) < 4.78 is 73.6. The highest BCUT2D eigenvalue weighted by atomic mass is 32.2. The molecule has 0 unspecified atom stereocenters. The molecule has 11 heteroatoms. The van der Waals surface area contributed by atoms with E-state index in [-0.39, 0.29) is 6.54 Å². The van der Waals surface area contributed by atoms with Crippen molar-refractivity contribution in [3.63, 3.8) is 0 Å². The quantitative estimate of drug-likeness (QED) is 0.832. The largest absolute Gasteiger partial charge is 0.451 e. The van der Waals surface area contributed by atoms with Crippen LogP contribution in [0.15, 0.2) is 27.8 Å². The summed E-state index contributed by atoms with van der Waals surface area (Å²) in [7, 11) is -4.40. The van der Waals surface area contributed by atoms with Crippen molar-refractivity contribution in [2.75, 3.05) is 6.54 Å². The van der Waals surface area contributed by atoms with Gasteiger partial charge in [-0.2, -0.15) is 21.6 Å². The second-order valence-electron chi connectivity index (χ2n) is 5.32. The molecule has 24 heavy (non-hydrogen) atoms. The molecule has 0 radical (unpaired) electrons. The van der Waals surface area contributed by atoms with Crippen molar-refractivity contribution in [3.8, 4) is 0 Å². The van der Waals surface area contributed by atoms with Gasteiger partial charge >= 0.3 is 16.3 Å². The van der Waals surface area contributed by atoms with Crippen LogP contribution in [0.25, 0.3) is 0 Å². The summed E-state index contributed by atoms with van der Waals surface area (Å²) in [6.45, 7) is 0.995. The zero-order valence-corrected chi connectivity index (χ0v) is 12.9. The molecule has 0 atom stereocenters. The van der Waals surface area contributed by atoms with Crippen molar-refractivity contribution >= 4 is 10.1 Å². The summed E-state index contributed by atoms with van der Waals surface area (Å²) in [6, 6.07) is 2.56. The van der Waals surface area contributed by atoms with Crippen molar-refractivity contribution in [1.29, 1.82) is 0 Å². The Morgan fingerprint density at radius 3 is 2.71 bits per heavy atom. The van der Waals surface area contributed by atoms with E-state index in [0.29, 0.717) is 36.5 Å². The predicted molar refractivity (Wildman–Crippen MR) is 73.4 cm³/mol. The number of nitrogens with zero attached hydrogens (tertiary/aromatic N) is 3. The molecule has 3 heterocycles. The van der Waals surface area contributed by atoms with E-state index in [1.165, 1.54) is 6.07 Å². The van der Waals surface area contributed by atoms with Crippen LogP contribution in [0.4, 0.5) is 13.2 Å². The lowest BCUT2D eigenvalue weighted by Crippen LogP contribution is -2.31. The normalized spacial score (nSPS) is 16.2. The molecule has 0 spiro atoms. The monoisotopic (exact) mass is 363 g/mol. The second kappa shape index (κ2) is 5.83. The van der Waals surface area contributed by atoms with E-state index < -0.39 is 27.2 Å². The summed E-state index contributed by atoms with van der Waals surface area (Å²) in [5.74, 6) is -0.836. The van der Waals surface area contributed by atoms with Crippen molar-refractivity contribution in [1.82, 2.24) is 14.9 Å². The molecule has 0 aromatic carbocycles. The van der Waals surface area contributed by atoms with Gasteiger partial charge in [0.25, 0.3) is 0 Å². The molecule has 1 aliphatic rings. The molecule has 0 amide bonds. The molecule has 0 saturated carbocycles. The van der Waals surface area contributed by atoms with Crippen LogP contribution in [0.1, 0.15) is 22.8 Å². The van der Waals surface area contributed by atoms with Gasteiger partial charge in [0.05, 0.1) is 12.2 Å². The molecule has 2 aromatic heterocycles. The molecule has 7 nitrogen and oxygen atoms in total. The maximum atomic E-state index is 12.6. The van der Waals surface area contributed by atoms with Crippen LogP contribution in [-0.4, -0.2) is 34.4 Å². The van der Waals surface area contributed by atoms with E-state index in [1.807, 2.05) is 4.90 Å². The molecule has 0 aliphatic carbocycles. The van der Waals surface area contributed by atoms with Crippen LogP contribution in [-0.2, 0) is 35.8 Å². The maximum Gasteiger partial charge on any atom is 0.451 e. The zero-order valence-electron chi connectivity index (χ0n) is 12.1. The maximum absolute atomic E-state index is 12.6. The van der Waals surface area contributed by atoms with Gasteiger partial charge in [0.15, 0.2) is 0 Å². The van der Waals surface area contributed by atoms with Gasteiger partial charge in [-0.1, -0.05) is 0 Å². The Bertz CT molecular complexity index is 864. The summed E-state index contributed by atoms with van der Waals surface area (Å²) in [4.78, 5) is 8.76. The van der Waals surface area contributed by atoms with Crippen LogP contribution in [0.5, 0.6) is 0 Å². The molecule has 130 valence electrons. The number of alkyl halides is 3. The van der Waals surface area contributed by atoms with Gasteiger partial charge in [0.1, 0.15) is 5.76 Å². The SMILES string of the molecule is O=S(=O)(O)c1ccc(CN2CCc3nc(C(F)(F)F)ncc3C2)o1.